The molecule has 3 heteroatoms. The molecule has 104 valence electrons. The molecule has 1 aromatic carbocycles. The van der Waals surface area contributed by atoms with Crippen molar-refractivity contribution in [3.05, 3.63) is 45.7 Å². The van der Waals surface area contributed by atoms with Crippen LogP contribution >= 0.6 is 15.9 Å². The van der Waals surface area contributed by atoms with E-state index in [0.29, 0.717) is 18.4 Å². The Morgan fingerprint density at radius 2 is 2.21 bits per heavy atom. The molecule has 2 unspecified atom stereocenters. The van der Waals surface area contributed by atoms with E-state index in [1.165, 1.54) is 24.5 Å². The highest BCUT2D eigenvalue weighted by Gasteiger charge is 2.17. The molecular formula is C16H21BrFN. The molecule has 1 aliphatic rings. The van der Waals surface area contributed by atoms with Crippen molar-refractivity contribution in [2.45, 2.75) is 33.2 Å². The molecule has 2 rings (SSSR count). The molecule has 1 nitrogen and oxygen atoms in total. The molecule has 19 heavy (non-hydrogen) atoms. The summed E-state index contributed by atoms with van der Waals surface area (Å²) < 4.78 is 14.1. The standard InChI is InChI=1S/C16H21BrFN/c1-11-5-12(2)7-13(6-11)9-19-10-14-8-15(18)3-4-16(14)17/h3-5,8,11,13,19H,6-7,9-10H2,1-2H3. The first-order valence-electron chi connectivity index (χ1n) is 6.86. The molecule has 0 aromatic heterocycles. The molecule has 1 aromatic rings. The summed E-state index contributed by atoms with van der Waals surface area (Å²) >= 11 is 3.46. The minimum absolute atomic E-state index is 0.176. The minimum atomic E-state index is -0.176. The van der Waals surface area contributed by atoms with Crippen LogP contribution in [0.15, 0.2) is 34.3 Å². The molecule has 2 atom stereocenters. The number of hydrogen-bond acceptors (Lipinski definition) is 1. The van der Waals surface area contributed by atoms with E-state index in [1.807, 2.05) is 0 Å². The highest BCUT2D eigenvalue weighted by Crippen LogP contribution is 2.27. The second kappa shape index (κ2) is 6.67. The van der Waals surface area contributed by atoms with Gasteiger partial charge in [0.15, 0.2) is 0 Å². The SMILES string of the molecule is CC1=CC(C)CC(CNCc2cc(F)ccc2Br)C1. The van der Waals surface area contributed by atoms with E-state index in [2.05, 4.69) is 41.2 Å². The van der Waals surface area contributed by atoms with E-state index in [9.17, 15) is 4.39 Å². The predicted molar refractivity (Wildman–Crippen MR) is 81.5 cm³/mol. The van der Waals surface area contributed by atoms with Crippen molar-refractivity contribution in [2.75, 3.05) is 6.54 Å². The van der Waals surface area contributed by atoms with Gasteiger partial charge in [-0.05, 0) is 61.9 Å². The summed E-state index contributed by atoms with van der Waals surface area (Å²) in [4.78, 5) is 0. The second-order valence-electron chi connectivity index (χ2n) is 5.66. The van der Waals surface area contributed by atoms with Crippen LogP contribution in [0.1, 0.15) is 32.3 Å². The molecule has 0 saturated heterocycles. The summed E-state index contributed by atoms with van der Waals surface area (Å²) in [6, 6.07) is 4.83. The van der Waals surface area contributed by atoms with Gasteiger partial charge < -0.3 is 5.32 Å². The van der Waals surface area contributed by atoms with E-state index in [-0.39, 0.29) is 5.82 Å². The van der Waals surface area contributed by atoms with Crippen LogP contribution in [-0.4, -0.2) is 6.54 Å². The smallest absolute Gasteiger partial charge is 0.123 e. The lowest BCUT2D eigenvalue weighted by Gasteiger charge is -2.25. The Morgan fingerprint density at radius 3 is 2.95 bits per heavy atom. The Hall–Kier alpha value is -0.670. The molecule has 0 bridgehead atoms. The van der Waals surface area contributed by atoms with Crippen LogP contribution < -0.4 is 5.32 Å². The third-order valence-electron chi connectivity index (χ3n) is 3.64. The summed E-state index contributed by atoms with van der Waals surface area (Å²) in [5.74, 6) is 1.21. The zero-order chi connectivity index (χ0) is 13.8. The number of benzene rings is 1. The van der Waals surface area contributed by atoms with Crippen molar-refractivity contribution in [3.63, 3.8) is 0 Å². The number of allylic oxidation sites excluding steroid dienone is 2. The van der Waals surface area contributed by atoms with Crippen LogP contribution in [0, 0.1) is 17.7 Å². The summed E-state index contributed by atoms with van der Waals surface area (Å²) in [7, 11) is 0. The van der Waals surface area contributed by atoms with Crippen molar-refractivity contribution in [1.29, 1.82) is 0 Å². The zero-order valence-corrected chi connectivity index (χ0v) is 13.1. The van der Waals surface area contributed by atoms with E-state index < -0.39 is 0 Å². The Kier molecular flexibility index (Phi) is 5.17. The molecule has 0 radical (unpaired) electrons. The fourth-order valence-electron chi connectivity index (χ4n) is 2.93. The summed E-state index contributed by atoms with van der Waals surface area (Å²) in [6.45, 7) is 6.20. The van der Waals surface area contributed by atoms with Gasteiger partial charge in [-0.3, -0.25) is 0 Å². The normalized spacial score (nSPS) is 23.3. The van der Waals surface area contributed by atoms with Gasteiger partial charge in [0, 0.05) is 11.0 Å². The summed E-state index contributed by atoms with van der Waals surface area (Å²) in [5.41, 5.74) is 2.48. The second-order valence-corrected chi connectivity index (χ2v) is 6.52. The molecule has 0 fully saturated rings. The first kappa shape index (κ1) is 14.7. The predicted octanol–water partition coefficient (Wildman–Crippen LogP) is 4.67. The van der Waals surface area contributed by atoms with Gasteiger partial charge in [0.1, 0.15) is 5.82 Å². The van der Waals surface area contributed by atoms with E-state index in [0.717, 1.165) is 16.6 Å². The monoisotopic (exact) mass is 325 g/mol. The van der Waals surface area contributed by atoms with Crippen molar-refractivity contribution in [2.24, 2.45) is 11.8 Å². The van der Waals surface area contributed by atoms with Crippen LogP contribution in [0.25, 0.3) is 0 Å². The molecule has 0 aliphatic heterocycles. The Balaban J connectivity index is 1.84. The number of halogens is 2. The van der Waals surface area contributed by atoms with Crippen LogP contribution in [0.5, 0.6) is 0 Å². The average Bonchev–Trinajstić information content (AvgIpc) is 2.32. The van der Waals surface area contributed by atoms with Gasteiger partial charge in [-0.15, -0.1) is 0 Å². The summed E-state index contributed by atoms with van der Waals surface area (Å²) in [5, 5.41) is 3.46. The van der Waals surface area contributed by atoms with Gasteiger partial charge in [0.25, 0.3) is 0 Å². The fraction of sp³-hybridized carbons (Fsp3) is 0.500. The zero-order valence-electron chi connectivity index (χ0n) is 11.5. The first-order valence-corrected chi connectivity index (χ1v) is 7.66. The van der Waals surface area contributed by atoms with Gasteiger partial charge in [-0.2, -0.15) is 0 Å². The molecular weight excluding hydrogens is 305 g/mol. The number of rotatable bonds is 4. The lowest BCUT2D eigenvalue weighted by Crippen LogP contribution is -2.26. The molecule has 1 N–H and O–H groups in total. The minimum Gasteiger partial charge on any atom is -0.312 e. The van der Waals surface area contributed by atoms with E-state index in [4.69, 9.17) is 0 Å². The van der Waals surface area contributed by atoms with Crippen LogP contribution in [0.4, 0.5) is 4.39 Å². The maximum absolute atomic E-state index is 13.2. The van der Waals surface area contributed by atoms with Gasteiger partial charge in [0.2, 0.25) is 0 Å². The molecule has 0 saturated carbocycles. The Bertz CT molecular complexity index is 470. The highest BCUT2D eigenvalue weighted by molar-refractivity contribution is 9.10. The van der Waals surface area contributed by atoms with Gasteiger partial charge in [-0.25, -0.2) is 4.39 Å². The third kappa shape index (κ3) is 4.43. The third-order valence-corrected chi connectivity index (χ3v) is 4.41. The molecule has 0 heterocycles. The van der Waals surface area contributed by atoms with Crippen molar-refractivity contribution < 1.29 is 4.39 Å². The van der Waals surface area contributed by atoms with Crippen LogP contribution in [-0.2, 0) is 6.54 Å². The Labute approximate surface area is 123 Å². The van der Waals surface area contributed by atoms with Gasteiger partial charge in [-0.1, -0.05) is 34.5 Å². The van der Waals surface area contributed by atoms with Gasteiger partial charge >= 0.3 is 0 Å². The van der Waals surface area contributed by atoms with E-state index >= 15 is 0 Å². The lowest BCUT2D eigenvalue weighted by atomic mass is 9.84. The molecule has 0 amide bonds. The highest BCUT2D eigenvalue weighted by atomic mass is 79.9. The van der Waals surface area contributed by atoms with Crippen molar-refractivity contribution >= 4 is 15.9 Å². The quantitative estimate of drug-likeness (QED) is 0.793. The molecule has 0 spiro atoms. The fourth-order valence-corrected chi connectivity index (χ4v) is 3.32. The Morgan fingerprint density at radius 1 is 1.42 bits per heavy atom. The maximum atomic E-state index is 13.2. The average molecular weight is 326 g/mol. The van der Waals surface area contributed by atoms with Crippen molar-refractivity contribution in [1.82, 2.24) is 5.32 Å². The van der Waals surface area contributed by atoms with Crippen LogP contribution in [0.2, 0.25) is 0 Å². The van der Waals surface area contributed by atoms with Crippen LogP contribution in [0.3, 0.4) is 0 Å². The first-order chi connectivity index (χ1) is 9.04. The largest absolute Gasteiger partial charge is 0.312 e. The maximum Gasteiger partial charge on any atom is 0.123 e. The molecule has 1 aliphatic carbocycles. The number of nitrogens with one attached hydrogen (secondary N) is 1. The lowest BCUT2D eigenvalue weighted by molar-refractivity contribution is 0.381. The number of hydrogen-bond donors (Lipinski definition) is 1. The topological polar surface area (TPSA) is 12.0 Å². The van der Waals surface area contributed by atoms with Crippen molar-refractivity contribution in [3.8, 4) is 0 Å². The van der Waals surface area contributed by atoms with E-state index in [1.54, 1.807) is 12.1 Å². The summed E-state index contributed by atoms with van der Waals surface area (Å²) in [6.07, 6.45) is 4.80. The van der Waals surface area contributed by atoms with Gasteiger partial charge in [0.05, 0.1) is 0 Å².